The molecule has 0 bridgehead atoms. The summed E-state index contributed by atoms with van der Waals surface area (Å²) in [5, 5.41) is 0. The van der Waals surface area contributed by atoms with E-state index >= 15 is 0 Å². The highest BCUT2D eigenvalue weighted by Gasteiger charge is 2.18. The summed E-state index contributed by atoms with van der Waals surface area (Å²) in [6, 6.07) is 5.78. The van der Waals surface area contributed by atoms with E-state index in [0.29, 0.717) is 0 Å². The standard InChI is InChI=1S/C14H31BrN.C7H8O3S/c1-4-6-8-9-11-13-16(3,14-15)12-10-7-5-2;1-6-2-4-7(5-3-6)11(8,9)10/h4-14H2,1-3H3;2-5H,1H3,(H,8,9,10)/q+1;/p-1. The number of quaternary nitrogens is 1. The van der Waals surface area contributed by atoms with E-state index in [2.05, 4.69) is 36.8 Å². The van der Waals surface area contributed by atoms with Crippen molar-refractivity contribution in [2.24, 2.45) is 0 Å². The average Bonchev–Trinajstić information content (AvgIpc) is 2.62. The Kier molecular flexibility index (Phi) is 14.3. The summed E-state index contributed by atoms with van der Waals surface area (Å²) in [6.45, 7) is 9.07. The Balaban J connectivity index is 0.000000533. The van der Waals surface area contributed by atoms with Crippen LogP contribution in [0.4, 0.5) is 0 Å². The van der Waals surface area contributed by atoms with E-state index < -0.39 is 10.1 Å². The minimum atomic E-state index is -4.27. The Morgan fingerprint density at radius 2 is 1.33 bits per heavy atom. The van der Waals surface area contributed by atoms with E-state index in [4.69, 9.17) is 0 Å². The van der Waals surface area contributed by atoms with Gasteiger partial charge in [0.15, 0.2) is 0 Å². The number of unbranched alkanes of at least 4 members (excludes halogenated alkanes) is 6. The number of alkyl halides is 1. The first-order valence-electron chi connectivity index (χ1n) is 10.1. The SMILES string of the molecule is CCCCCCC[N+](C)(CBr)CCCCC.Cc1ccc(S(=O)(=O)[O-])cc1. The lowest BCUT2D eigenvalue weighted by Crippen LogP contribution is -2.44. The van der Waals surface area contributed by atoms with Gasteiger partial charge in [0.05, 0.1) is 25.0 Å². The van der Waals surface area contributed by atoms with Gasteiger partial charge in [0.1, 0.15) is 15.6 Å². The summed E-state index contributed by atoms with van der Waals surface area (Å²) in [7, 11) is -1.88. The molecule has 1 atom stereocenters. The van der Waals surface area contributed by atoms with Gasteiger partial charge in [0.25, 0.3) is 0 Å². The lowest BCUT2D eigenvalue weighted by molar-refractivity contribution is -0.896. The van der Waals surface area contributed by atoms with Crippen LogP contribution in [-0.4, -0.2) is 43.0 Å². The molecule has 0 heterocycles. The topological polar surface area (TPSA) is 57.2 Å². The minimum absolute atomic E-state index is 0.178. The smallest absolute Gasteiger partial charge is 0.134 e. The number of aryl methyl sites for hydroxylation is 1. The first-order valence-corrected chi connectivity index (χ1v) is 12.6. The molecule has 27 heavy (non-hydrogen) atoms. The Hall–Kier alpha value is -0.430. The molecular weight excluding hydrogens is 426 g/mol. The average molecular weight is 465 g/mol. The lowest BCUT2D eigenvalue weighted by atomic mass is 10.1. The lowest BCUT2D eigenvalue weighted by Gasteiger charge is -2.32. The van der Waals surface area contributed by atoms with Gasteiger partial charge in [-0.1, -0.05) is 57.2 Å². The fourth-order valence-corrected chi connectivity index (χ4v) is 3.75. The second-order valence-corrected chi connectivity index (χ2v) is 9.46. The molecule has 1 rings (SSSR count). The van der Waals surface area contributed by atoms with Crippen LogP contribution >= 0.6 is 15.9 Å². The molecule has 0 fully saturated rings. The molecule has 0 aliphatic heterocycles. The van der Waals surface area contributed by atoms with E-state index in [9.17, 15) is 13.0 Å². The number of hydrogen-bond acceptors (Lipinski definition) is 3. The molecule has 6 heteroatoms. The largest absolute Gasteiger partial charge is 0.744 e. The second kappa shape index (κ2) is 14.6. The summed E-state index contributed by atoms with van der Waals surface area (Å²) in [4.78, 5) is -0.178. The number of rotatable bonds is 12. The maximum atomic E-state index is 10.4. The summed E-state index contributed by atoms with van der Waals surface area (Å²) in [5.74, 6) is 0. The minimum Gasteiger partial charge on any atom is -0.744 e. The molecule has 4 nitrogen and oxygen atoms in total. The van der Waals surface area contributed by atoms with Crippen molar-refractivity contribution in [2.45, 2.75) is 77.0 Å². The molecule has 0 spiro atoms. The molecule has 158 valence electrons. The third-order valence-corrected chi connectivity index (χ3v) is 6.76. The highest BCUT2D eigenvalue weighted by Crippen LogP contribution is 2.13. The van der Waals surface area contributed by atoms with Crippen LogP contribution in [0.2, 0.25) is 0 Å². The zero-order chi connectivity index (χ0) is 20.8. The molecule has 1 aromatic carbocycles. The van der Waals surface area contributed by atoms with Crippen molar-refractivity contribution in [3.63, 3.8) is 0 Å². The van der Waals surface area contributed by atoms with Gasteiger partial charge in [-0.05, 0) is 60.7 Å². The van der Waals surface area contributed by atoms with Gasteiger partial charge in [0, 0.05) is 0 Å². The molecular formula is C21H38BrNO3S. The normalized spacial score (nSPS) is 13.6. The van der Waals surface area contributed by atoms with Gasteiger partial charge in [-0.15, -0.1) is 0 Å². The molecule has 0 N–H and O–H groups in total. The summed E-state index contributed by atoms with van der Waals surface area (Å²) in [6.07, 6.45) is 11.1. The monoisotopic (exact) mass is 463 g/mol. The van der Waals surface area contributed by atoms with Gasteiger partial charge in [0.2, 0.25) is 0 Å². The summed E-state index contributed by atoms with van der Waals surface area (Å²) >= 11 is 3.68. The van der Waals surface area contributed by atoms with Crippen LogP contribution in [0.5, 0.6) is 0 Å². The fourth-order valence-electron chi connectivity index (χ4n) is 2.78. The highest BCUT2D eigenvalue weighted by atomic mass is 79.9. The van der Waals surface area contributed by atoms with E-state index in [1.807, 2.05) is 6.92 Å². The third kappa shape index (κ3) is 13.4. The first kappa shape index (κ1) is 26.6. The van der Waals surface area contributed by atoms with Gasteiger partial charge in [-0.3, -0.25) is 0 Å². The van der Waals surface area contributed by atoms with Crippen molar-refractivity contribution in [1.82, 2.24) is 0 Å². The van der Waals surface area contributed by atoms with Crippen molar-refractivity contribution in [1.29, 1.82) is 0 Å². The van der Waals surface area contributed by atoms with Crippen LogP contribution in [0.25, 0.3) is 0 Å². The molecule has 0 aliphatic rings. The van der Waals surface area contributed by atoms with Crippen LogP contribution in [0.3, 0.4) is 0 Å². The molecule has 1 aromatic rings. The van der Waals surface area contributed by atoms with Crippen LogP contribution < -0.4 is 0 Å². The molecule has 0 radical (unpaired) electrons. The second-order valence-electron chi connectivity index (χ2n) is 7.57. The predicted octanol–water partition coefficient (Wildman–Crippen LogP) is 5.85. The maximum absolute atomic E-state index is 10.4. The Morgan fingerprint density at radius 3 is 1.78 bits per heavy atom. The number of nitrogens with zero attached hydrogens (tertiary/aromatic N) is 1. The van der Waals surface area contributed by atoms with Crippen LogP contribution in [-0.2, 0) is 10.1 Å². The fraction of sp³-hybridized carbons (Fsp3) is 0.714. The van der Waals surface area contributed by atoms with Gasteiger partial charge in [-0.25, -0.2) is 8.42 Å². The van der Waals surface area contributed by atoms with Crippen molar-refractivity contribution in [3.05, 3.63) is 29.8 Å². The van der Waals surface area contributed by atoms with E-state index in [0.717, 1.165) is 11.0 Å². The van der Waals surface area contributed by atoms with E-state index in [1.54, 1.807) is 12.1 Å². The molecule has 0 amide bonds. The summed E-state index contributed by atoms with van der Waals surface area (Å²) in [5.41, 5.74) is 2.04. The van der Waals surface area contributed by atoms with E-state index in [-0.39, 0.29) is 4.90 Å². The van der Waals surface area contributed by atoms with Gasteiger partial charge in [-0.2, -0.15) is 0 Å². The number of hydrogen-bond donors (Lipinski definition) is 0. The van der Waals surface area contributed by atoms with Crippen LogP contribution in [0.1, 0.15) is 70.8 Å². The highest BCUT2D eigenvalue weighted by molar-refractivity contribution is 9.09. The molecule has 0 saturated heterocycles. The molecule has 0 saturated carbocycles. The van der Waals surface area contributed by atoms with Crippen LogP contribution in [0, 0.1) is 6.92 Å². The zero-order valence-electron chi connectivity index (χ0n) is 17.5. The van der Waals surface area contributed by atoms with E-state index in [1.165, 1.54) is 81.1 Å². The Bertz CT molecular complexity index is 590. The van der Waals surface area contributed by atoms with Crippen molar-refractivity contribution >= 4 is 26.0 Å². The molecule has 0 aromatic heterocycles. The zero-order valence-corrected chi connectivity index (χ0v) is 19.9. The molecule has 1 unspecified atom stereocenters. The number of halogens is 1. The van der Waals surface area contributed by atoms with Crippen molar-refractivity contribution in [3.8, 4) is 0 Å². The first-order chi connectivity index (χ1) is 12.7. The Morgan fingerprint density at radius 1 is 0.889 bits per heavy atom. The Labute approximate surface area is 175 Å². The quantitative estimate of drug-likeness (QED) is 0.128. The van der Waals surface area contributed by atoms with Gasteiger partial charge < -0.3 is 9.04 Å². The summed E-state index contributed by atoms with van der Waals surface area (Å²) < 4.78 is 32.4. The predicted molar refractivity (Wildman–Crippen MR) is 117 cm³/mol. The van der Waals surface area contributed by atoms with Crippen molar-refractivity contribution in [2.75, 3.05) is 25.6 Å². The molecule has 0 aliphatic carbocycles. The third-order valence-electron chi connectivity index (χ3n) is 4.70. The van der Waals surface area contributed by atoms with Gasteiger partial charge >= 0.3 is 0 Å². The maximum Gasteiger partial charge on any atom is 0.134 e. The van der Waals surface area contributed by atoms with Crippen LogP contribution in [0.15, 0.2) is 29.2 Å². The van der Waals surface area contributed by atoms with Crippen molar-refractivity contribution < 1.29 is 17.5 Å². The number of benzene rings is 1.